The highest BCUT2D eigenvalue weighted by Crippen LogP contribution is 2.27. The number of halogens is 1. The van der Waals surface area contributed by atoms with Gasteiger partial charge in [-0.15, -0.1) is 11.6 Å². The minimum absolute atomic E-state index is 0.0565. The summed E-state index contributed by atoms with van der Waals surface area (Å²) in [5, 5.41) is 9.19. The van der Waals surface area contributed by atoms with Gasteiger partial charge in [0.1, 0.15) is 6.07 Å². The van der Waals surface area contributed by atoms with Gasteiger partial charge in [-0.2, -0.15) is 5.26 Å². The third-order valence-electron chi connectivity index (χ3n) is 3.47. The minimum atomic E-state index is -2.93. The molecule has 1 fully saturated rings. The first kappa shape index (κ1) is 14.2. The van der Waals surface area contributed by atoms with Crippen LogP contribution in [0.2, 0.25) is 0 Å². The third-order valence-corrected chi connectivity index (χ3v) is 5.53. The highest BCUT2D eigenvalue weighted by molar-refractivity contribution is 7.91. The van der Waals surface area contributed by atoms with Crippen molar-refractivity contribution in [3.05, 3.63) is 29.3 Å². The van der Waals surface area contributed by atoms with Crippen LogP contribution in [0.3, 0.4) is 0 Å². The number of anilines is 1. The molecule has 2 rings (SSSR count). The molecule has 0 aromatic heterocycles. The molecule has 4 nitrogen and oxygen atoms in total. The average molecular weight is 299 g/mol. The van der Waals surface area contributed by atoms with Gasteiger partial charge in [0, 0.05) is 19.0 Å². The Kier molecular flexibility index (Phi) is 4.02. The van der Waals surface area contributed by atoms with Gasteiger partial charge in [-0.05, 0) is 24.1 Å². The van der Waals surface area contributed by atoms with Gasteiger partial charge in [0.15, 0.2) is 9.84 Å². The number of benzene rings is 1. The second kappa shape index (κ2) is 5.40. The zero-order chi connectivity index (χ0) is 14.0. The molecule has 0 radical (unpaired) electrons. The van der Waals surface area contributed by atoms with E-state index < -0.39 is 9.84 Å². The lowest BCUT2D eigenvalue weighted by Gasteiger charge is -2.26. The summed E-state index contributed by atoms with van der Waals surface area (Å²) in [5.74, 6) is 0.742. The summed E-state index contributed by atoms with van der Waals surface area (Å²) < 4.78 is 23.0. The van der Waals surface area contributed by atoms with Gasteiger partial charge < -0.3 is 4.90 Å². The van der Waals surface area contributed by atoms with Crippen LogP contribution >= 0.6 is 11.6 Å². The van der Waals surface area contributed by atoms with E-state index in [1.54, 1.807) is 6.07 Å². The Bertz CT molecular complexity index is 622. The molecular weight excluding hydrogens is 284 g/mol. The molecule has 0 spiro atoms. The predicted octanol–water partition coefficient (Wildman–Crippen LogP) is 1.92. The van der Waals surface area contributed by atoms with E-state index in [-0.39, 0.29) is 17.5 Å². The molecule has 102 valence electrons. The smallest absolute Gasteiger partial charge is 0.152 e. The molecule has 1 heterocycles. The van der Waals surface area contributed by atoms with E-state index in [4.69, 9.17) is 11.6 Å². The molecule has 0 bridgehead atoms. The molecule has 1 unspecified atom stereocenters. The van der Waals surface area contributed by atoms with Crippen LogP contribution in [0.15, 0.2) is 18.2 Å². The maximum absolute atomic E-state index is 11.5. The van der Waals surface area contributed by atoms with Crippen LogP contribution in [-0.2, 0) is 15.7 Å². The maximum Gasteiger partial charge on any atom is 0.152 e. The highest BCUT2D eigenvalue weighted by Gasteiger charge is 2.31. The van der Waals surface area contributed by atoms with Gasteiger partial charge in [0.25, 0.3) is 0 Å². The number of hydrogen-bond acceptors (Lipinski definition) is 4. The zero-order valence-corrected chi connectivity index (χ0v) is 12.2. The zero-order valence-electron chi connectivity index (χ0n) is 10.6. The van der Waals surface area contributed by atoms with Crippen LogP contribution in [0, 0.1) is 11.3 Å². The number of alkyl halides is 1. The quantitative estimate of drug-likeness (QED) is 0.800. The van der Waals surface area contributed by atoms with Crippen LogP contribution in [0.4, 0.5) is 5.69 Å². The van der Waals surface area contributed by atoms with E-state index in [0.717, 1.165) is 11.3 Å². The summed E-state index contributed by atoms with van der Waals surface area (Å²) in [7, 11) is -1.09. The molecule has 1 atom stereocenters. The van der Waals surface area contributed by atoms with E-state index in [1.807, 2.05) is 24.1 Å². The van der Waals surface area contributed by atoms with Crippen LogP contribution in [0.1, 0.15) is 17.5 Å². The Labute approximate surface area is 118 Å². The predicted molar refractivity (Wildman–Crippen MR) is 76.2 cm³/mol. The Hall–Kier alpha value is -1.25. The number of hydrogen-bond donors (Lipinski definition) is 0. The number of rotatable bonds is 3. The van der Waals surface area contributed by atoms with E-state index in [1.165, 1.54) is 0 Å². The van der Waals surface area contributed by atoms with Crippen LogP contribution < -0.4 is 4.90 Å². The second-order valence-electron chi connectivity index (χ2n) is 4.76. The molecule has 0 aliphatic carbocycles. The third kappa shape index (κ3) is 3.02. The van der Waals surface area contributed by atoms with Gasteiger partial charge in [0.05, 0.1) is 22.8 Å². The SMILES string of the molecule is CN(c1ccc(CCl)cc1C#N)C1CCS(=O)(=O)C1. The topological polar surface area (TPSA) is 61.2 Å². The van der Waals surface area contributed by atoms with Gasteiger partial charge in [-0.25, -0.2) is 8.42 Å². The van der Waals surface area contributed by atoms with Gasteiger partial charge >= 0.3 is 0 Å². The molecule has 1 aliphatic heterocycles. The number of nitriles is 1. The van der Waals surface area contributed by atoms with E-state index in [0.29, 0.717) is 17.9 Å². The molecule has 0 saturated carbocycles. The summed E-state index contributed by atoms with van der Waals surface area (Å²) in [6.45, 7) is 0. The largest absolute Gasteiger partial charge is 0.369 e. The fourth-order valence-electron chi connectivity index (χ4n) is 2.34. The van der Waals surface area contributed by atoms with E-state index in [9.17, 15) is 13.7 Å². The fourth-order valence-corrected chi connectivity index (χ4v) is 4.28. The summed E-state index contributed by atoms with van der Waals surface area (Å²) in [5.41, 5.74) is 2.18. The number of sulfone groups is 1. The monoisotopic (exact) mass is 298 g/mol. The van der Waals surface area contributed by atoms with E-state index >= 15 is 0 Å². The van der Waals surface area contributed by atoms with E-state index in [2.05, 4.69) is 6.07 Å². The maximum atomic E-state index is 11.5. The minimum Gasteiger partial charge on any atom is -0.369 e. The molecule has 1 aromatic rings. The van der Waals surface area contributed by atoms with Crippen molar-refractivity contribution in [3.63, 3.8) is 0 Å². The van der Waals surface area contributed by atoms with Crippen LogP contribution in [0.5, 0.6) is 0 Å². The highest BCUT2D eigenvalue weighted by atomic mass is 35.5. The van der Waals surface area contributed by atoms with Crippen molar-refractivity contribution in [2.75, 3.05) is 23.5 Å². The van der Waals surface area contributed by atoms with Crippen molar-refractivity contribution in [1.82, 2.24) is 0 Å². The lowest BCUT2D eigenvalue weighted by Crippen LogP contribution is -2.33. The van der Waals surface area contributed by atoms with Gasteiger partial charge in [0.2, 0.25) is 0 Å². The molecule has 19 heavy (non-hydrogen) atoms. The lowest BCUT2D eigenvalue weighted by atomic mass is 10.1. The summed E-state index contributed by atoms with van der Waals surface area (Å²) in [6.07, 6.45) is 0.612. The summed E-state index contributed by atoms with van der Waals surface area (Å²) >= 11 is 5.75. The van der Waals surface area contributed by atoms with Crippen LogP contribution in [0.25, 0.3) is 0 Å². The van der Waals surface area contributed by atoms with Crippen molar-refractivity contribution < 1.29 is 8.42 Å². The van der Waals surface area contributed by atoms with Gasteiger partial charge in [-0.1, -0.05) is 6.07 Å². The number of nitrogens with zero attached hydrogens (tertiary/aromatic N) is 2. The standard InChI is InChI=1S/C13H15ClN2O2S/c1-16(12-4-5-19(17,18)9-12)13-3-2-10(7-14)6-11(13)8-15/h2-3,6,12H,4-5,7,9H2,1H3. The summed E-state index contributed by atoms with van der Waals surface area (Å²) in [6, 6.07) is 7.54. The molecule has 0 N–H and O–H groups in total. The first-order valence-electron chi connectivity index (χ1n) is 5.99. The molecule has 1 saturated heterocycles. The second-order valence-corrected chi connectivity index (χ2v) is 7.26. The average Bonchev–Trinajstić information content (AvgIpc) is 2.77. The van der Waals surface area contributed by atoms with Crippen molar-refractivity contribution in [3.8, 4) is 6.07 Å². The Morgan fingerprint density at radius 3 is 2.79 bits per heavy atom. The Balaban J connectivity index is 2.29. The molecule has 1 aromatic carbocycles. The lowest BCUT2D eigenvalue weighted by molar-refractivity contribution is 0.601. The first-order chi connectivity index (χ1) is 8.96. The fraction of sp³-hybridized carbons (Fsp3) is 0.462. The van der Waals surface area contributed by atoms with Gasteiger partial charge in [-0.3, -0.25) is 0 Å². The first-order valence-corrected chi connectivity index (χ1v) is 8.34. The van der Waals surface area contributed by atoms with Crippen molar-refractivity contribution in [2.45, 2.75) is 18.3 Å². The van der Waals surface area contributed by atoms with Crippen molar-refractivity contribution >= 4 is 27.1 Å². The molecular formula is C13H15ClN2O2S. The Morgan fingerprint density at radius 2 is 2.26 bits per heavy atom. The van der Waals surface area contributed by atoms with Crippen molar-refractivity contribution in [2.24, 2.45) is 0 Å². The van der Waals surface area contributed by atoms with Crippen molar-refractivity contribution in [1.29, 1.82) is 5.26 Å². The van der Waals surface area contributed by atoms with Crippen LogP contribution in [-0.4, -0.2) is 33.0 Å². The molecule has 1 aliphatic rings. The molecule has 6 heteroatoms. The molecule has 0 amide bonds. The normalized spacial score (nSPS) is 21.0. The summed E-state index contributed by atoms with van der Waals surface area (Å²) in [4.78, 5) is 1.89. The Morgan fingerprint density at radius 1 is 1.53 bits per heavy atom.